The Bertz CT molecular complexity index is 609. The van der Waals surface area contributed by atoms with Crippen molar-refractivity contribution in [2.24, 2.45) is 0 Å². The third-order valence-corrected chi connectivity index (χ3v) is 3.02. The maximum atomic E-state index is 11.2. The Hall–Kier alpha value is -2.36. The largest absolute Gasteiger partial charge is 0.478 e. The number of carbonyl (C=O) groups is 1. The van der Waals surface area contributed by atoms with Gasteiger partial charge in [-0.2, -0.15) is 0 Å². The van der Waals surface area contributed by atoms with Gasteiger partial charge < -0.3 is 10.4 Å². The van der Waals surface area contributed by atoms with Gasteiger partial charge >= 0.3 is 5.97 Å². The quantitative estimate of drug-likeness (QED) is 0.882. The SMILES string of the molecule is Cc1ccc(C(=O)O)c(NCc2cnccc2C)c1. The van der Waals surface area contributed by atoms with Gasteiger partial charge in [0.05, 0.1) is 5.56 Å². The molecule has 19 heavy (non-hydrogen) atoms. The van der Waals surface area contributed by atoms with E-state index in [0.717, 1.165) is 16.7 Å². The number of pyridine rings is 1. The molecule has 0 radical (unpaired) electrons. The van der Waals surface area contributed by atoms with E-state index in [-0.39, 0.29) is 5.56 Å². The Labute approximate surface area is 112 Å². The molecule has 2 rings (SSSR count). The van der Waals surface area contributed by atoms with Gasteiger partial charge in [0, 0.05) is 24.6 Å². The summed E-state index contributed by atoms with van der Waals surface area (Å²) >= 11 is 0. The summed E-state index contributed by atoms with van der Waals surface area (Å²) in [4.78, 5) is 15.2. The molecule has 0 saturated carbocycles. The molecule has 4 nitrogen and oxygen atoms in total. The molecule has 0 aliphatic heterocycles. The number of aromatic carboxylic acids is 1. The van der Waals surface area contributed by atoms with Crippen LogP contribution >= 0.6 is 0 Å². The van der Waals surface area contributed by atoms with Crippen molar-refractivity contribution in [1.82, 2.24) is 4.98 Å². The number of nitrogens with zero attached hydrogens (tertiary/aromatic N) is 1. The molecular weight excluding hydrogens is 240 g/mol. The van der Waals surface area contributed by atoms with Crippen LogP contribution in [0.5, 0.6) is 0 Å². The summed E-state index contributed by atoms with van der Waals surface area (Å²) in [6, 6.07) is 7.20. The minimum Gasteiger partial charge on any atom is -0.478 e. The third-order valence-electron chi connectivity index (χ3n) is 3.02. The Balaban J connectivity index is 2.22. The summed E-state index contributed by atoms with van der Waals surface area (Å²) in [7, 11) is 0. The molecule has 0 saturated heterocycles. The number of aryl methyl sites for hydroxylation is 2. The average molecular weight is 256 g/mol. The van der Waals surface area contributed by atoms with E-state index < -0.39 is 5.97 Å². The van der Waals surface area contributed by atoms with Crippen LogP contribution in [0.4, 0.5) is 5.69 Å². The van der Waals surface area contributed by atoms with Crippen LogP contribution in [0.3, 0.4) is 0 Å². The van der Waals surface area contributed by atoms with E-state index in [1.54, 1.807) is 24.5 Å². The van der Waals surface area contributed by atoms with Crippen LogP contribution in [-0.4, -0.2) is 16.1 Å². The molecule has 1 aromatic heterocycles. The first-order valence-electron chi connectivity index (χ1n) is 6.05. The summed E-state index contributed by atoms with van der Waals surface area (Å²) in [6.07, 6.45) is 3.53. The Morgan fingerprint density at radius 3 is 2.79 bits per heavy atom. The molecule has 2 N–H and O–H groups in total. The van der Waals surface area contributed by atoms with Crippen LogP contribution in [0.2, 0.25) is 0 Å². The van der Waals surface area contributed by atoms with Crippen molar-refractivity contribution in [3.8, 4) is 0 Å². The Morgan fingerprint density at radius 2 is 2.11 bits per heavy atom. The number of anilines is 1. The van der Waals surface area contributed by atoms with Gasteiger partial charge in [-0.05, 0) is 48.7 Å². The van der Waals surface area contributed by atoms with Gasteiger partial charge in [-0.3, -0.25) is 4.98 Å². The number of carboxylic acids is 1. The molecule has 2 aromatic rings. The molecule has 0 aliphatic rings. The maximum Gasteiger partial charge on any atom is 0.337 e. The van der Waals surface area contributed by atoms with Gasteiger partial charge in [-0.1, -0.05) is 6.07 Å². The van der Waals surface area contributed by atoms with Crippen molar-refractivity contribution in [1.29, 1.82) is 0 Å². The third kappa shape index (κ3) is 3.10. The average Bonchev–Trinajstić information content (AvgIpc) is 2.37. The predicted octanol–water partition coefficient (Wildman–Crippen LogP) is 3.01. The second kappa shape index (κ2) is 5.52. The Kier molecular flexibility index (Phi) is 3.80. The monoisotopic (exact) mass is 256 g/mol. The van der Waals surface area contributed by atoms with Gasteiger partial charge in [0.25, 0.3) is 0 Å². The highest BCUT2D eigenvalue weighted by atomic mass is 16.4. The van der Waals surface area contributed by atoms with E-state index in [1.165, 1.54) is 0 Å². The number of hydrogen-bond acceptors (Lipinski definition) is 3. The highest BCUT2D eigenvalue weighted by Crippen LogP contribution is 2.19. The summed E-state index contributed by atoms with van der Waals surface area (Å²) in [5.41, 5.74) is 4.13. The van der Waals surface area contributed by atoms with Gasteiger partial charge in [0.15, 0.2) is 0 Å². The van der Waals surface area contributed by atoms with Crippen molar-refractivity contribution in [3.63, 3.8) is 0 Å². The normalized spacial score (nSPS) is 10.2. The van der Waals surface area contributed by atoms with Crippen molar-refractivity contribution >= 4 is 11.7 Å². The van der Waals surface area contributed by atoms with Crippen molar-refractivity contribution < 1.29 is 9.90 Å². The number of rotatable bonds is 4. The van der Waals surface area contributed by atoms with E-state index in [4.69, 9.17) is 5.11 Å². The first-order valence-corrected chi connectivity index (χ1v) is 6.05. The van der Waals surface area contributed by atoms with E-state index in [0.29, 0.717) is 12.2 Å². The molecule has 0 bridgehead atoms. The predicted molar refractivity (Wildman–Crippen MR) is 74.4 cm³/mol. The van der Waals surface area contributed by atoms with E-state index in [1.807, 2.05) is 26.0 Å². The molecule has 0 fully saturated rings. The zero-order valence-electron chi connectivity index (χ0n) is 11.0. The van der Waals surface area contributed by atoms with Crippen molar-refractivity contribution in [2.45, 2.75) is 20.4 Å². The number of benzene rings is 1. The molecule has 0 amide bonds. The molecule has 98 valence electrons. The fourth-order valence-corrected chi connectivity index (χ4v) is 1.86. The lowest BCUT2D eigenvalue weighted by molar-refractivity contribution is 0.0698. The molecule has 0 atom stereocenters. The number of hydrogen-bond donors (Lipinski definition) is 2. The molecule has 1 aromatic carbocycles. The molecular formula is C15H16N2O2. The highest BCUT2D eigenvalue weighted by molar-refractivity contribution is 5.94. The molecule has 1 heterocycles. The second-order valence-corrected chi connectivity index (χ2v) is 4.51. The topological polar surface area (TPSA) is 62.2 Å². The molecule has 0 aliphatic carbocycles. The number of aromatic nitrogens is 1. The molecule has 4 heteroatoms. The summed E-state index contributed by atoms with van der Waals surface area (Å²) in [5.74, 6) is -0.926. The van der Waals surface area contributed by atoms with Crippen LogP contribution in [0.15, 0.2) is 36.7 Å². The van der Waals surface area contributed by atoms with Gasteiger partial charge in [-0.25, -0.2) is 4.79 Å². The lowest BCUT2D eigenvalue weighted by Crippen LogP contribution is -2.07. The Morgan fingerprint density at radius 1 is 1.32 bits per heavy atom. The minimum atomic E-state index is -0.926. The lowest BCUT2D eigenvalue weighted by Gasteiger charge is -2.11. The van der Waals surface area contributed by atoms with E-state index in [9.17, 15) is 4.79 Å². The van der Waals surface area contributed by atoms with Crippen LogP contribution in [-0.2, 0) is 6.54 Å². The van der Waals surface area contributed by atoms with Crippen molar-refractivity contribution in [3.05, 3.63) is 58.9 Å². The van der Waals surface area contributed by atoms with Crippen LogP contribution in [0, 0.1) is 13.8 Å². The van der Waals surface area contributed by atoms with Crippen LogP contribution < -0.4 is 5.32 Å². The van der Waals surface area contributed by atoms with E-state index >= 15 is 0 Å². The van der Waals surface area contributed by atoms with Gasteiger partial charge in [0.1, 0.15) is 0 Å². The van der Waals surface area contributed by atoms with Crippen molar-refractivity contribution in [2.75, 3.05) is 5.32 Å². The first-order chi connectivity index (χ1) is 9.08. The fraction of sp³-hybridized carbons (Fsp3) is 0.200. The lowest BCUT2D eigenvalue weighted by atomic mass is 10.1. The van der Waals surface area contributed by atoms with Gasteiger partial charge in [0.2, 0.25) is 0 Å². The van der Waals surface area contributed by atoms with Crippen LogP contribution in [0.25, 0.3) is 0 Å². The fourth-order valence-electron chi connectivity index (χ4n) is 1.86. The second-order valence-electron chi connectivity index (χ2n) is 4.51. The summed E-state index contributed by atoms with van der Waals surface area (Å²) in [5, 5.41) is 12.3. The van der Waals surface area contributed by atoms with E-state index in [2.05, 4.69) is 10.3 Å². The highest BCUT2D eigenvalue weighted by Gasteiger charge is 2.10. The zero-order chi connectivity index (χ0) is 13.8. The smallest absolute Gasteiger partial charge is 0.337 e. The standard InChI is InChI=1S/C15H16N2O2/c1-10-3-4-13(15(18)19)14(7-10)17-9-12-8-16-6-5-11(12)2/h3-8,17H,9H2,1-2H3,(H,18,19). The summed E-state index contributed by atoms with van der Waals surface area (Å²) in [6.45, 7) is 4.50. The first kappa shape index (κ1) is 13.1. The zero-order valence-corrected chi connectivity index (χ0v) is 11.0. The van der Waals surface area contributed by atoms with Crippen LogP contribution in [0.1, 0.15) is 27.0 Å². The number of nitrogens with one attached hydrogen (secondary N) is 1. The van der Waals surface area contributed by atoms with Gasteiger partial charge in [-0.15, -0.1) is 0 Å². The maximum absolute atomic E-state index is 11.2. The minimum absolute atomic E-state index is 0.284. The molecule has 0 spiro atoms. The summed E-state index contributed by atoms with van der Waals surface area (Å²) < 4.78 is 0. The number of carboxylic acid groups (broad SMARTS) is 1. The molecule has 0 unspecified atom stereocenters.